The second-order valence-electron chi connectivity index (χ2n) is 13.4. The third-order valence-electron chi connectivity index (χ3n) is 10.2. The number of piperidine rings is 1. The lowest BCUT2D eigenvalue weighted by atomic mass is 9.89. The molecule has 8 rings (SSSR count). The van der Waals surface area contributed by atoms with E-state index in [1.54, 1.807) is 41.7 Å². The average Bonchev–Trinajstić information content (AvgIpc) is 3.54. The molecule has 3 fully saturated rings. The number of halogens is 1. The number of ether oxygens (including phenoxy) is 2. The maximum atomic E-state index is 13.9. The van der Waals surface area contributed by atoms with E-state index in [-0.39, 0.29) is 42.4 Å². The SMILES string of the molecule is Cc1nn(-c2ncccn2)cc1C(=O)N1C[C@@H]2C(Oc3cc(C4(C)CCCN4C(=O)OCc4ccccc4)cc(-c4ccc(F)cc4)n3)[C@@H]2C1. The van der Waals surface area contributed by atoms with Crippen LogP contribution in [0.1, 0.15) is 46.9 Å². The lowest BCUT2D eigenvalue weighted by molar-refractivity contribution is 0.0688. The third kappa shape index (κ3) is 5.95. The van der Waals surface area contributed by atoms with Crippen LogP contribution in [0.2, 0.25) is 0 Å². The molecule has 0 N–H and O–H groups in total. The van der Waals surface area contributed by atoms with E-state index in [1.165, 1.54) is 16.8 Å². The Morgan fingerprint density at radius 3 is 2.46 bits per heavy atom. The highest BCUT2D eigenvalue weighted by molar-refractivity contribution is 5.95. The number of rotatable bonds is 8. The summed E-state index contributed by atoms with van der Waals surface area (Å²) in [7, 11) is 0. The molecular weight excluding hydrogens is 637 g/mol. The minimum Gasteiger partial charge on any atom is -0.474 e. The zero-order valence-electron chi connectivity index (χ0n) is 27.8. The molecule has 5 heterocycles. The number of aromatic nitrogens is 5. The van der Waals surface area contributed by atoms with E-state index < -0.39 is 5.54 Å². The number of amides is 2. The van der Waals surface area contributed by atoms with Crippen molar-refractivity contribution in [3.63, 3.8) is 0 Å². The minimum absolute atomic E-state index is 0.0808. The Labute approximate surface area is 288 Å². The number of carbonyl (C=O) groups excluding carboxylic acids is 2. The number of fused-ring (bicyclic) bond motifs is 1. The van der Waals surface area contributed by atoms with Crippen LogP contribution in [0.5, 0.6) is 5.88 Å². The van der Waals surface area contributed by atoms with Gasteiger partial charge in [-0.2, -0.15) is 5.10 Å². The standard InChI is InChI=1S/C38H36FN7O4/c1-24-29(22-46(43-24)36-40-15-7-16-41-36)35(47)44-20-30-31(21-44)34(30)50-33-19-27(18-32(42-33)26-10-12-28(39)13-11-26)38(2)14-6-17-45(38)37(48)49-23-25-8-4-3-5-9-25/h3-5,7-13,15-16,18-19,22,30-31,34H,6,14,17,20-21,23H2,1-2H3/t30-,31+,34?,38?. The Balaban J connectivity index is 1.000. The molecule has 12 heteroatoms. The summed E-state index contributed by atoms with van der Waals surface area (Å²) in [5.74, 6) is 0.752. The number of likely N-dealkylation sites (tertiary alicyclic amines) is 2. The summed E-state index contributed by atoms with van der Waals surface area (Å²) in [6.07, 6.45) is 6.01. The first kappa shape index (κ1) is 31.6. The van der Waals surface area contributed by atoms with E-state index in [0.717, 1.165) is 29.5 Å². The van der Waals surface area contributed by atoms with E-state index in [2.05, 4.69) is 15.1 Å². The Morgan fingerprint density at radius 1 is 0.980 bits per heavy atom. The van der Waals surface area contributed by atoms with Crippen LogP contribution in [-0.2, 0) is 16.9 Å². The van der Waals surface area contributed by atoms with Crippen molar-refractivity contribution in [1.29, 1.82) is 0 Å². The fourth-order valence-electron chi connectivity index (χ4n) is 7.30. The normalized spacial score (nSPS) is 22.3. The molecule has 50 heavy (non-hydrogen) atoms. The molecular formula is C38H36FN7O4. The molecule has 2 aromatic carbocycles. The maximum absolute atomic E-state index is 13.9. The monoisotopic (exact) mass is 673 g/mol. The van der Waals surface area contributed by atoms with Gasteiger partial charge in [0.05, 0.1) is 22.5 Å². The van der Waals surface area contributed by atoms with Crippen LogP contribution in [0.25, 0.3) is 17.2 Å². The molecule has 2 amide bonds. The van der Waals surface area contributed by atoms with Gasteiger partial charge in [-0.1, -0.05) is 30.3 Å². The summed E-state index contributed by atoms with van der Waals surface area (Å²) in [5.41, 5.74) is 3.62. The predicted molar refractivity (Wildman–Crippen MR) is 181 cm³/mol. The number of aryl methyl sites for hydroxylation is 1. The Bertz CT molecular complexity index is 2030. The number of nitrogens with zero attached hydrogens (tertiary/aromatic N) is 7. The highest BCUT2D eigenvalue weighted by atomic mass is 19.1. The predicted octanol–water partition coefficient (Wildman–Crippen LogP) is 5.97. The third-order valence-corrected chi connectivity index (χ3v) is 10.2. The Hall–Kier alpha value is -5.65. The van der Waals surface area contributed by atoms with Crippen LogP contribution in [0.4, 0.5) is 9.18 Å². The van der Waals surface area contributed by atoms with Crippen molar-refractivity contribution in [2.45, 2.75) is 44.9 Å². The molecule has 3 aliphatic rings. The van der Waals surface area contributed by atoms with Gasteiger partial charge in [-0.05, 0) is 74.2 Å². The molecule has 4 atom stereocenters. The number of pyridine rings is 1. The number of hydrogen-bond acceptors (Lipinski definition) is 8. The topological polar surface area (TPSA) is 116 Å². The fourth-order valence-corrected chi connectivity index (χ4v) is 7.30. The van der Waals surface area contributed by atoms with E-state index >= 15 is 0 Å². The first-order valence-corrected chi connectivity index (χ1v) is 16.8. The van der Waals surface area contributed by atoms with Crippen LogP contribution in [0.15, 0.2) is 91.4 Å². The van der Waals surface area contributed by atoms with Gasteiger partial charge in [0.25, 0.3) is 5.91 Å². The summed E-state index contributed by atoms with van der Waals surface area (Å²) in [5, 5.41) is 4.46. The van der Waals surface area contributed by atoms with Gasteiger partial charge in [-0.25, -0.2) is 28.8 Å². The van der Waals surface area contributed by atoms with E-state index in [9.17, 15) is 14.0 Å². The van der Waals surface area contributed by atoms with Gasteiger partial charge >= 0.3 is 6.09 Å². The highest BCUT2D eigenvalue weighted by Crippen LogP contribution is 2.49. The van der Waals surface area contributed by atoms with Gasteiger partial charge in [0.1, 0.15) is 18.5 Å². The van der Waals surface area contributed by atoms with Gasteiger partial charge in [-0.3, -0.25) is 9.69 Å². The van der Waals surface area contributed by atoms with Crippen molar-refractivity contribution in [2.75, 3.05) is 19.6 Å². The van der Waals surface area contributed by atoms with Crippen molar-refractivity contribution < 1.29 is 23.5 Å². The second kappa shape index (κ2) is 12.7. The van der Waals surface area contributed by atoms with Crippen molar-refractivity contribution in [3.05, 3.63) is 120 Å². The Kier molecular flexibility index (Phi) is 8.01. The van der Waals surface area contributed by atoms with Crippen molar-refractivity contribution in [2.24, 2.45) is 11.8 Å². The lowest BCUT2D eigenvalue weighted by Crippen LogP contribution is -2.43. The first-order chi connectivity index (χ1) is 24.3. The molecule has 0 bridgehead atoms. The molecule has 3 aromatic heterocycles. The van der Waals surface area contributed by atoms with Gasteiger partial charge in [0, 0.05) is 61.7 Å². The highest BCUT2D eigenvalue weighted by Gasteiger charge is 2.59. The molecule has 2 aliphatic heterocycles. The second-order valence-corrected chi connectivity index (χ2v) is 13.4. The van der Waals surface area contributed by atoms with E-state index in [1.807, 2.05) is 61.2 Å². The summed E-state index contributed by atoms with van der Waals surface area (Å²) < 4.78 is 27.7. The van der Waals surface area contributed by atoms with Gasteiger partial charge in [0.2, 0.25) is 11.8 Å². The van der Waals surface area contributed by atoms with Crippen LogP contribution in [0.3, 0.4) is 0 Å². The maximum Gasteiger partial charge on any atom is 0.410 e. The zero-order valence-corrected chi connectivity index (χ0v) is 27.8. The molecule has 11 nitrogen and oxygen atoms in total. The summed E-state index contributed by atoms with van der Waals surface area (Å²) in [4.78, 5) is 43.9. The lowest BCUT2D eigenvalue weighted by Gasteiger charge is -2.35. The molecule has 1 aliphatic carbocycles. The van der Waals surface area contributed by atoms with Gasteiger partial charge in [0.15, 0.2) is 0 Å². The van der Waals surface area contributed by atoms with E-state index in [4.69, 9.17) is 14.5 Å². The molecule has 2 unspecified atom stereocenters. The summed E-state index contributed by atoms with van der Waals surface area (Å²) in [6.45, 7) is 5.71. The van der Waals surface area contributed by atoms with E-state index in [0.29, 0.717) is 48.4 Å². The molecule has 1 saturated carbocycles. The molecule has 0 radical (unpaired) electrons. The quantitative estimate of drug-likeness (QED) is 0.198. The fraction of sp³-hybridized carbons (Fsp3) is 0.316. The molecule has 254 valence electrons. The van der Waals surface area contributed by atoms with Crippen molar-refractivity contribution in [3.8, 4) is 23.1 Å². The zero-order chi connectivity index (χ0) is 34.4. The average molecular weight is 674 g/mol. The minimum atomic E-state index is -0.667. The first-order valence-electron chi connectivity index (χ1n) is 16.8. The number of benzene rings is 2. The number of hydrogen-bond donors (Lipinski definition) is 0. The molecule has 2 saturated heterocycles. The summed E-state index contributed by atoms with van der Waals surface area (Å²) in [6, 6.07) is 21.4. The smallest absolute Gasteiger partial charge is 0.410 e. The van der Waals surface area contributed by atoms with Crippen molar-refractivity contribution in [1.82, 2.24) is 34.5 Å². The molecule has 0 spiro atoms. The van der Waals surface area contributed by atoms with Gasteiger partial charge in [-0.15, -0.1) is 0 Å². The number of carbonyl (C=O) groups is 2. The van der Waals surface area contributed by atoms with Crippen molar-refractivity contribution >= 4 is 12.0 Å². The summed E-state index contributed by atoms with van der Waals surface area (Å²) >= 11 is 0. The van der Waals surface area contributed by atoms with Crippen LogP contribution >= 0.6 is 0 Å². The van der Waals surface area contributed by atoms with Crippen LogP contribution < -0.4 is 4.74 Å². The largest absolute Gasteiger partial charge is 0.474 e. The van der Waals surface area contributed by atoms with Crippen LogP contribution in [0, 0.1) is 24.6 Å². The Morgan fingerprint density at radius 2 is 1.72 bits per heavy atom. The molecule has 5 aromatic rings. The van der Waals surface area contributed by atoms with Crippen LogP contribution in [-0.4, -0.2) is 72.3 Å². The van der Waals surface area contributed by atoms with Gasteiger partial charge < -0.3 is 14.4 Å².